The van der Waals surface area contributed by atoms with E-state index in [1.807, 2.05) is 18.2 Å². The van der Waals surface area contributed by atoms with Crippen LogP contribution in [0.25, 0.3) is 22.4 Å². The fourth-order valence-corrected chi connectivity index (χ4v) is 3.50. The molecule has 0 unspecified atom stereocenters. The van der Waals surface area contributed by atoms with Crippen molar-refractivity contribution in [3.63, 3.8) is 0 Å². The summed E-state index contributed by atoms with van der Waals surface area (Å²) in [5, 5.41) is 1.02. The molecule has 0 saturated heterocycles. The Bertz CT molecular complexity index is 740. The highest BCUT2D eigenvalue weighted by Gasteiger charge is 2.02. The van der Waals surface area contributed by atoms with Gasteiger partial charge in [-0.25, -0.2) is 4.98 Å². The molecule has 0 aliphatic carbocycles. The lowest BCUT2D eigenvalue weighted by molar-refractivity contribution is 0.415. The molecule has 4 heteroatoms. The smallest absolute Gasteiger partial charge is 0.120 e. The second-order valence-electron chi connectivity index (χ2n) is 4.17. The molecule has 0 bridgehead atoms. The number of thiophene rings is 1. The Balaban J connectivity index is 1.91. The predicted octanol–water partition coefficient (Wildman–Crippen LogP) is 4.85. The van der Waals surface area contributed by atoms with Crippen LogP contribution in [-0.2, 0) is 0 Å². The van der Waals surface area contributed by atoms with Gasteiger partial charge in [-0.15, -0.1) is 22.7 Å². The molecule has 0 amide bonds. The van der Waals surface area contributed by atoms with Gasteiger partial charge in [-0.05, 0) is 49.4 Å². The van der Waals surface area contributed by atoms with Crippen molar-refractivity contribution in [1.82, 2.24) is 4.98 Å². The van der Waals surface area contributed by atoms with E-state index in [0.717, 1.165) is 21.0 Å². The molecule has 2 nitrogen and oxygen atoms in total. The summed E-state index contributed by atoms with van der Waals surface area (Å²) in [5.74, 6) is 0.876. The van der Waals surface area contributed by atoms with E-state index >= 15 is 0 Å². The minimum absolute atomic E-state index is 0.876. The van der Waals surface area contributed by atoms with Crippen molar-refractivity contribution in [3.8, 4) is 5.75 Å². The second kappa shape index (κ2) is 5.15. The molecule has 1 aromatic carbocycles. The van der Waals surface area contributed by atoms with Gasteiger partial charge in [0.15, 0.2) is 0 Å². The van der Waals surface area contributed by atoms with Gasteiger partial charge in [0.25, 0.3) is 0 Å². The Morgan fingerprint density at radius 3 is 2.74 bits per heavy atom. The SMILES string of the molecule is COc1ccc2nc(/C=C/c3ccc(C)s3)sc2c1. The molecule has 0 saturated carbocycles. The van der Waals surface area contributed by atoms with Crippen LogP contribution in [0.5, 0.6) is 5.75 Å². The third-order valence-corrected chi connectivity index (χ3v) is 4.71. The summed E-state index contributed by atoms with van der Waals surface area (Å²) in [4.78, 5) is 7.18. The highest BCUT2D eigenvalue weighted by atomic mass is 32.1. The predicted molar refractivity (Wildman–Crippen MR) is 84.2 cm³/mol. The molecule has 0 atom stereocenters. The third kappa shape index (κ3) is 2.69. The molecule has 3 aromatic rings. The van der Waals surface area contributed by atoms with Crippen LogP contribution in [0.1, 0.15) is 14.8 Å². The van der Waals surface area contributed by atoms with Crippen LogP contribution in [0.4, 0.5) is 0 Å². The average molecular weight is 287 g/mol. The third-order valence-electron chi connectivity index (χ3n) is 2.76. The zero-order valence-electron chi connectivity index (χ0n) is 10.7. The van der Waals surface area contributed by atoms with E-state index in [2.05, 4.69) is 36.2 Å². The standard InChI is InChI=1S/C15H13NOS2/c1-10-3-5-12(18-10)6-8-15-16-13-7-4-11(17-2)9-14(13)19-15/h3-9H,1-2H3/b8-6+. The summed E-state index contributed by atoms with van der Waals surface area (Å²) >= 11 is 3.47. The summed E-state index contributed by atoms with van der Waals surface area (Å²) in [7, 11) is 1.68. The summed E-state index contributed by atoms with van der Waals surface area (Å²) < 4.78 is 6.38. The topological polar surface area (TPSA) is 22.1 Å². The van der Waals surface area contributed by atoms with Crippen molar-refractivity contribution in [2.24, 2.45) is 0 Å². The first-order valence-corrected chi connectivity index (χ1v) is 7.57. The van der Waals surface area contributed by atoms with Crippen LogP contribution in [0.2, 0.25) is 0 Å². The summed E-state index contributed by atoms with van der Waals surface area (Å²) in [6.45, 7) is 2.12. The van der Waals surface area contributed by atoms with Crippen molar-refractivity contribution >= 4 is 45.0 Å². The summed E-state index contributed by atoms with van der Waals surface area (Å²) in [5.41, 5.74) is 1.02. The maximum Gasteiger partial charge on any atom is 0.120 e. The number of fused-ring (bicyclic) bond motifs is 1. The molecule has 0 aliphatic heterocycles. The van der Waals surface area contributed by atoms with Crippen LogP contribution in [0, 0.1) is 6.92 Å². The molecule has 2 heterocycles. The maximum atomic E-state index is 5.23. The molecular weight excluding hydrogens is 274 g/mol. The molecular formula is C15H13NOS2. The number of aryl methyl sites for hydroxylation is 1. The number of benzene rings is 1. The fraction of sp³-hybridized carbons (Fsp3) is 0.133. The van der Waals surface area contributed by atoms with Crippen molar-refractivity contribution < 1.29 is 4.74 Å². The van der Waals surface area contributed by atoms with Crippen molar-refractivity contribution in [3.05, 3.63) is 45.1 Å². The lowest BCUT2D eigenvalue weighted by Gasteiger charge is -1.96. The minimum atomic E-state index is 0.876. The first-order chi connectivity index (χ1) is 9.24. The number of thiazole rings is 1. The van der Waals surface area contributed by atoms with Crippen molar-refractivity contribution in [2.45, 2.75) is 6.92 Å². The first kappa shape index (κ1) is 12.4. The summed E-state index contributed by atoms with van der Waals surface area (Å²) in [6.07, 6.45) is 4.19. The van der Waals surface area contributed by atoms with E-state index in [4.69, 9.17) is 4.74 Å². The lowest BCUT2D eigenvalue weighted by atomic mass is 10.3. The van der Waals surface area contributed by atoms with Crippen molar-refractivity contribution in [2.75, 3.05) is 7.11 Å². The van der Waals surface area contributed by atoms with Gasteiger partial charge in [0, 0.05) is 9.75 Å². The molecule has 2 aromatic heterocycles. The summed E-state index contributed by atoms with van der Waals surface area (Å²) in [6, 6.07) is 10.2. The largest absolute Gasteiger partial charge is 0.497 e. The molecule has 0 radical (unpaired) electrons. The number of nitrogens with zero attached hydrogens (tertiary/aromatic N) is 1. The molecule has 96 valence electrons. The highest BCUT2D eigenvalue weighted by Crippen LogP contribution is 2.27. The second-order valence-corrected chi connectivity index (χ2v) is 6.55. The van der Waals surface area contributed by atoms with Gasteiger partial charge < -0.3 is 4.74 Å². The fourth-order valence-electron chi connectivity index (χ4n) is 1.82. The van der Waals surface area contributed by atoms with E-state index in [1.165, 1.54) is 9.75 Å². The number of aromatic nitrogens is 1. The Kier molecular flexibility index (Phi) is 3.36. The molecule has 0 fully saturated rings. The van der Waals surface area contributed by atoms with E-state index < -0.39 is 0 Å². The number of hydrogen-bond acceptors (Lipinski definition) is 4. The van der Waals surface area contributed by atoms with Crippen LogP contribution >= 0.6 is 22.7 Å². The van der Waals surface area contributed by atoms with Gasteiger partial charge >= 0.3 is 0 Å². The molecule has 0 aliphatic rings. The van der Waals surface area contributed by atoms with Gasteiger partial charge in [0.1, 0.15) is 10.8 Å². The Hall–Kier alpha value is -1.65. The number of ether oxygens (including phenoxy) is 1. The normalized spacial score (nSPS) is 11.5. The molecule has 0 spiro atoms. The number of hydrogen-bond donors (Lipinski definition) is 0. The molecule has 19 heavy (non-hydrogen) atoms. The van der Waals surface area contributed by atoms with Gasteiger partial charge in [-0.1, -0.05) is 0 Å². The zero-order chi connectivity index (χ0) is 13.2. The van der Waals surface area contributed by atoms with E-state index in [9.17, 15) is 0 Å². The van der Waals surface area contributed by atoms with E-state index in [1.54, 1.807) is 29.8 Å². The number of methoxy groups -OCH3 is 1. The van der Waals surface area contributed by atoms with Crippen LogP contribution in [0.15, 0.2) is 30.3 Å². The Labute approximate surface area is 120 Å². The first-order valence-electron chi connectivity index (χ1n) is 5.94. The van der Waals surface area contributed by atoms with E-state index in [0.29, 0.717) is 0 Å². The Morgan fingerprint density at radius 2 is 2.00 bits per heavy atom. The van der Waals surface area contributed by atoms with E-state index in [-0.39, 0.29) is 0 Å². The van der Waals surface area contributed by atoms with Crippen LogP contribution in [-0.4, -0.2) is 12.1 Å². The quantitative estimate of drug-likeness (QED) is 0.687. The Morgan fingerprint density at radius 1 is 1.11 bits per heavy atom. The van der Waals surface area contributed by atoms with Crippen LogP contribution < -0.4 is 4.74 Å². The monoisotopic (exact) mass is 287 g/mol. The number of rotatable bonds is 3. The van der Waals surface area contributed by atoms with Crippen LogP contribution in [0.3, 0.4) is 0 Å². The lowest BCUT2D eigenvalue weighted by Crippen LogP contribution is -1.80. The highest BCUT2D eigenvalue weighted by molar-refractivity contribution is 7.19. The van der Waals surface area contributed by atoms with Gasteiger partial charge in [0.05, 0.1) is 17.3 Å². The molecule has 0 N–H and O–H groups in total. The van der Waals surface area contributed by atoms with Crippen molar-refractivity contribution in [1.29, 1.82) is 0 Å². The maximum absolute atomic E-state index is 5.23. The molecule has 3 rings (SSSR count). The van der Waals surface area contributed by atoms with Gasteiger partial charge in [-0.2, -0.15) is 0 Å². The zero-order valence-corrected chi connectivity index (χ0v) is 12.3. The average Bonchev–Trinajstić information content (AvgIpc) is 3.01. The van der Waals surface area contributed by atoms with Gasteiger partial charge in [0.2, 0.25) is 0 Å². The minimum Gasteiger partial charge on any atom is -0.497 e. The van der Waals surface area contributed by atoms with Gasteiger partial charge in [-0.3, -0.25) is 0 Å².